The van der Waals surface area contributed by atoms with Gasteiger partial charge in [0.2, 0.25) is 11.8 Å². The summed E-state index contributed by atoms with van der Waals surface area (Å²) in [4.78, 5) is 16.4. The standard InChI is InChI=1S/C32H36F6N2O3.ClH/c33-26-6-2-1-4-22(26)21-10-13-40(27(14-21)20-8-11-31(34,35)12-9-20)29(41)25-15-39-17-30(25)18-42-16-23-24(30)5-3-7-28(23)43-19-32(36,37)38;/h1-7,20-21,25,27,39H,8-19H2;1H/p-1/t21-,25+,27+,30-;/m1./s1. The molecule has 242 valence electrons. The quantitative estimate of drug-likeness (QED) is 0.507. The molecule has 1 saturated carbocycles. The SMILES string of the molecule is O=C([C@@H]1CNC[C@]12COCc1c(OCC(F)(F)F)cccc12)N1CC[C@@H](c2ccccc2F)C[C@H]1C1CCC(F)(F)CC1.[Cl-]. The molecule has 0 bridgehead atoms. The molecule has 0 unspecified atom stereocenters. The molecular weight excluding hydrogens is 610 g/mol. The molecule has 6 rings (SSSR count). The molecule has 1 spiro atoms. The van der Waals surface area contributed by atoms with Gasteiger partial charge in [-0.25, -0.2) is 13.2 Å². The second-order valence-electron chi connectivity index (χ2n) is 12.6. The maximum absolute atomic E-state index is 14.8. The zero-order chi connectivity index (χ0) is 30.4. The van der Waals surface area contributed by atoms with E-state index in [2.05, 4.69) is 5.32 Å². The molecule has 2 aromatic rings. The van der Waals surface area contributed by atoms with Crippen molar-refractivity contribution in [1.82, 2.24) is 10.2 Å². The molecule has 3 heterocycles. The van der Waals surface area contributed by atoms with Crippen LogP contribution in [0.15, 0.2) is 42.5 Å². The normalized spacial score (nSPS) is 28.8. The lowest BCUT2D eigenvalue weighted by molar-refractivity contribution is -0.153. The summed E-state index contributed by atoms with van der Waals surface area (Å²) in [6.07, 6.45) is -3.39. The van der Waals surface area contributed by atoms with Crippen molar-refractivity contribution in [2.45, 2.75) is 74.6 Å². The van der Waals surface area contributed by atoms with Crippen LogP contribution in [-0.2, 0) is 21.6 Å². The molecule has 4 aliphatic rings. The summed E-state index contributed by atoms with van der Waals surface area (Å²) in [5.74, 6) is -3.93. The number of hydrogen-bond acceptors (Lipinski definition) is 4. The van der Waals surface area contributed by atoms with Gasteiger partial charge in [0.15, 0.2) is 6.61 Å². The van der Waals surface area contributed by atoms with Crippen LogP contribution in [0.1, 0.15) is 61.1 Å². The smallest absolute Gasteiger partial charge is 0.422 e. The maximum Gasteiger partial charge on any atom is 0.422 e. The Labute approximate surface area is 259 Å². The van der Waals surface area contributed by atoms with Crippen molar-refractivity contribution >= 4 is 5.91 Å². The minimum absolute atomic E-state index is 0. The summed E-state index contributed by atoms with van der Waals surface area (Å²) in [5.41, 5.74) is 0.996. The highest BCUT2D eigenvalue weighted by atomic mass is 35.5. The number of alkyl halides is 5. The van der Waals surface area contributed by atoms with E-state index in [1.165, 1.54) is 12.1 Å². The number of carbonyl (C=O) groups excluding carboxylic acids is 1. The predicted molar refractivity (Wildman–Crippen MR) is 146 cm³/mol. The van der Waals surface area contributed by atoms with Crippen molar-refractivity contribution in [1.29, 1.82) is 0 Å². The third-order valence-corrected chi connectivity index (χ3v) is 10.00. The number of fused-ring (bicyclic) bond motifs is 2. The van der Waals surface area contributed by atoms with Gasteiger partial charge < -0.3 is 32.1 Å². The number of piperidine rings is 1. The molecule has 0 aromatic heterocycles. The molecule has 3 fully saturated rings. The molecular formula is C32H36ClF6N2O3-. The molecule has 3 aliphatic heterocycles. The van der Waals surface area contributed by atoms with Gasteiger partial charge in [-0.2, -0.15) is 13.2 Å². The fraction of sp³-hybridized carbons (Fsp3) is 0.594. The Balaban J connectivity index is 0.00000384. The minimum atomic E-state index is -4.50. The maximum atomic E-state index is 14.8. The number of hydrogen-bond donors (Lipinski definition) is 1. The van der Waals surface area contributed by atoms with Crippen LogP contribution in [0.5, 0.6) is 5.75 Å². The van der Waals surface area contributed by atoms with Crippen molar-refractivity contribution in [2.75, 3.05) is 32.8 Å². The second-order valence-corrected chi connectivity index (χ2v) is 12.6. The van der Waals surface area contributed by atoms with Crippen molar-refractivity contribution in [3.8, 4) is 5.75 Å². The van der Waals surface area contributed by atoms with E-state index < -0.39 is 30.0 Å². The van der Waals surface area contributed by atoms with Gasteiger partial charge in [0.05, 0.1) is 19.1 Å². The van der Waals surface area contributed by atoms with Gasteiger partial charge in [0, 0.05) is 49.5 Å². The number of benzene rings is 2. The predicted octanol–water partition coefficient (Wildman–Crippen LogP) is 3.36. The van der Waals surface area contributed by atoms with Gasteiger partial charge in [-0.3, -0.25) is 4.79 Å². The summed E-state index contributed by atoms with van der Waals surface area (Å²) >= 11 is 0. The number of nitrogens with one attached hydrogen (secondary N) is 1. The van der Waals surface area contributed by atoms with Crippen LogP contribution in [0.25, 0.3) is 0 Å². The fourth-order valence-corrected chi connectivity index (χ4v) is 7.86. The van der Waals surface area contributed by atoms with Crippen LogP contribution in [-0.4, -0.2) is 61.8 Å². The Morgan fingerprint density at radius 2 is 1.82 bits per heavy atom. The highest BCUT2D eigenvalue weighted by Crippen LogP contribution is 2.48. The molecule has 12 heteroatoms. The van der Waals surface area contributed by atoms with E-state index in [9.17, 15) is 31.1 Å². The number of carbonyl (C=O) groups is 1. The van der Waals surface area contributed by atoms with E-state index in [4.69, 9.17) is 9.47 Å². The van der Waals surface area contributed by atoms with Gasteiger partial charge >= 0.3 is 6.18 Å². The summed E-state index contributed by atoms with van der Waals surface area (Å²) in [6, 6.07) is 11.2. The largest absolute Gasteiger partial charge is 1.00 e. The zero-order valence-corrected chi connectivity index (χ0v) is 24.9. The van der Waals surface area contributed by atoms with Gasteiger partial charge in [0.25, 0.3) is 0 Å². The summed E-state index contributed by atoms with van der Waals surface area (Å²) in [6.45, 7) is -0.0548. The highest BCUT2D eigenvalue weighted by Gasteiger charge is 2.54. The molecule has 2 aromatic carbocycles. The summed E-state index contributed by atoms with van der Waals surface area (Å²) in [7, 11) is 0. The first-order chi connectivity index (χ1) is 20.5. The molecule has 1 aliphatic carbocycles. The Hall–Kier alpha value is -2.50. The molecule has 44 heavy (non-hydrogen) atoms. The topological polar surface area (TPSA) is 50.8 Å². The monoisotopic (exact) mass is 645 g/mol. The first-order valence-electron chi connectivity index (χ1n) is 15.0. The molecule has 1 amide bonds. The highest BCUT2D eigenvalue weighted by molar-refractivity contribution is 5.82. The Bertz CT molecular complexity index is 1330. The van der Waals surface area contributed by atoms with E-state index in [0.29, 0.717) is 43.6 Å². The number of ether oxygens (including phenoxy) is 2. The molecule has 2 saturated heterocycles. The molecule has 0 radical (unpaired) electrons. The molecule has 1 N–H and O–H groups in total. The number of nitrogens with zero attached hydrogens (tertiary/aromatic N) is 1. The van der Waals surface area contributed by atoms with E-state index in [-0.39, 0.29) is 86.7 Å². The number of rotatable bonds is 5. The van der Waals surface area contributed by atoms with Crippen LogP contribution in [0.4, 0.5) is 26.3 Å². The van der Waals surface area contributed by atoms with Gasteiger partial charge in [-0.05, 0) is 60.8 Å². The van der Waals surface area contributed by atoms with Crippen molar-refractivity contribution < 1.29 is 53.0 Å². The lowest BCUT2D eigenvalue weighted by atomic mass is 9.68. The zero-order valence-electron chi connectivity index (χ0n) is 24.2. The lowest BCUT2D eigenvalue weighted by Gasteiger charge is -2.48. The van der Waals surface area contributed by atoms with Crippen LogP contribution in [0.2, 0.25) is 0 Å². The van der Waals surface area contributed by atoms with Crippen LogP contribution in [0.3, 0.4) is 0 Å². The van der Waals surface area contributed by atoms with E-state index in [1.54, 1.807) is 24.3 Å². The number of likely N-dealkylation sites (tertiary alicyclic amines) is 1. The fourth-order valence-electron chi connectivity index (χ4n) is 7.86. The van der Waals surface area contributed by atoms with Gasteiger partial charge in [-0.15, -0.1) is 0 Å². The van der Waals surface area contributed by atoms with Gasteiger partial charge in [-0.1, -0.05) is 30.3 Å². The number of halogens is 7. The van der Waals surface area contributed by atoms with E-state index in [0.717, 1.165) is 5.56 Å². The van der Waals surface area contributed by atoms with E-state index in [1.807, 2.05) is 11.0 Å². The first kappa shape index (κ1) is 32.9. The van der Waals surface area contributed by atoms with Crippen LogP contribution >= 0.6 is 0 Å². The van der Waals surface area contributed by atoms with Crippen molar-refractivity contribution in [3.05, 3.63) is 65.0 Å². The van der Waals surface area contributed by atoms with Crippen molar-refractivity contribution in [3.63, 3.8) is 0 Å². The third-order valence-electron chi connectivity index (χ3n) is 10.00. The van der Waals surface area contributed by atoms with Crippen LogP contribution < -0.4 is 22.5 Å². The minimum Gasteiger partial charge on any atom is -1.00 e. The Kier molecular flexibility index (Phi) is 9.50. The second kappa shape index (κ2) is 12.7. The average Bonchev–Trinajstić information content (AvgIpc) is 3.39. The van der Waals surface area contributed by atoms with Crippen molar-refractivity contribution in [2.24, 2.45) is 11.8 Å². The third kappa shape index (κ3) is 6.42. The lowest BCUT2D eigenvalue weighted by Crippen LogP contribution is -3.00. The number of amides is 1. The first-order valence-corrected chi connectivity index (χ1v) is 15.0. The van der Waals surface area contributed by atoms with Gasteiger partial charge in [0.1, 0.15) is 11.6 Å². The average molecular weight is 646 g/mol. The summed E-state index contributed by atoms with van der Waals surface area (Å²) < 4.78 is 93.0. The Morgan fingerprint density at radius 3 is 2.55 bits per heavy atom. The molecule has 4 atom stereocenters. The van der Waals surface area contributed by atoms with Crippen LogP contribution in [0, 0.1) is 17.7 Å². The Morgan fingerprint density at radius 1 is 1.07 bits per heavy atom. The summed E-state index contributed by atoms with van der Waals surface area (Å²) in [5, 5.41) is 3.32. The van der Waals surface area contributed by atoms with E-state index >= 15 is 0 Å². The molecule has 5 nitrogen and oxygen atoms in total.